The van der Waals surface area contributed by atoms with E-state index in [2.05, 4.69) is 0 Å². The topological polar surface area (TPSA) is 94.8 Å². The molecule has 0 bridgehead atoms. The third-order valence-corrected chi connectivity index (χ3v) is 1.49. The molecule has 78 valence electrons. The number of carboxylic acid groups (broad SMARTS) is 2. The molecule has 0 saturated carbocycles. The van der Waals surface area contributed by atoms with E-state index in [-0.39, 0.29) is 21.1 Å². The molecule has 6 heteroatoms. The van der Waals surface area contributed by atoms with Gasteiger partial charge in [0.1, 0.15) is 11.3 Å². The number of carboxylic acids is 2. The molecule has 1 aromatic carbocycles. The van der Waals surface area contributed by atoms with Crippen LogP contribution >= 0.6 is 0 Å². The van der Waals surface area contributed by atoms with Gasteiger partial charge in [0.05, 0.1) is 5.56 Å². The van der Waals surface area contributed by atoms with Crippen molar-refractivity contribution in [3.05, 3.63) is 29.3 Å². The van der Waals surface area contributed by atoms with Gasteiger partial charge in [-0.05, 0) is 12.1 Å². The zero-order valence-corrected chi connectivity index (χ0v) is 8.98. The number of benzene rings is 1. The predicted octanol–water partition coefficient (Wildman–Crippen LogP) is 0.786. The Kier molecular flexibility index (Phi) is 4.31. The van der Waals surface area contributed by atoms with Crippen LogP contribution in [0.15, 0.2) is 18.2 Å². The molecule has 0 atom stereocenters. The fourth-order valence-corrected chi connectivity index (χ4v) is 0.943. The normalized spacial score (nSPS) is 8.86. The van der Waals surface area contributed by atoms with Gasteiger partial charge in [0.25, 0.3) is 0 Å². The maximum Gasteiger partial charge on any atom is 0.340 e. The SMILES string of the molecule is O=C(O)c1cccc(O)c1C(=O)O.[Pt]. The van der Waals surface area contributed by atoms with Crippen molar-refractivity contribution in [3.63, 3.8) is 0 Å². The molecule has 14 heavy (non-hydrogen) atoms. The van der Waals surface area contributed by atoms with Crippen LogP contribution in [0.2, 0.25) is 0 Å². The van der Waals surface area contributed by atoms with Gasteiger partial charge in [-0.3, -0.25) is 0 Å². The van der Waals surface area contributed by atoms with Crippen molar-refractivity contribution in [3.8, 4) is 5.75 Å². The summed E-state index contributed by atoms with van der Waals surface area (Å²) in [6, 6.07) is 3.51. The molecule has 0 aliphatic carbocycles. The van der Waals surface area contributed by atoms with Crippen molar-refractivity contribution >= 4 is 11.9 Å². The van der Waals surface area contributed by atoms with Crippen LogP contribution in [0, 0.1) is 0 Å². The molecule has 0 aliphatic heterocycles. The largest absolute Gasteiger partial charge is 0.507 e. The first-order chi connectivity index (χ1) is 6.04. The van der Waals surface area contributed by atoms with E-state index < -0.39 is 28.8 Å². The van der Waals surface area contributed by atoms with Crippen LogP contribution < -0.4 is 0 Å². The summed E-state index contributed by atoms with van der Waals surface area (Å²) in [6.45, 7) is 0. The smallest absolute Gasteiger partial charge is 0.340 e. The Bertz CT molecular complexity index is 374. The summed E-state index contributed by atoms with van der Waals surface area (Å²) in [4.78, 5) is 21.0. The van der Waals surface area contributed by atoms with Gasteiger partial charge in [-0.1, -0.05) is 6.07 Å². The second-order valence-electron chi connectivity index (χ2n) is 2.31. The van der Waals surface area contributed by atoms with E-state index in [0.717, 1.165) is 12.1 Å². The molecule has 3 N–H and O–H groups in total. The number of aromatic carboxylic acids is 2. The molecule has 1 aromatic rings. The Balaban J connectivity index is 0.00000169. The average molecular weight is 377 g/mol. The Morgan fingerprint density at radius 2 is 1.64 bits per heavy atom. The van der Waals surface area contributed by atoms with Gasteiger partial charge in [0, 0.05) is 21.1 Å². The minimum absolute atomic E-state index is 0. The van der Waals surface area contributed by atoms with Crippen LogP contribution in [0.25, 0.3) is 0 Å². The number of hydrogen-bond acceptors (Lipinski definition) is 3. The van der Waals surface area contributed by atoms with Crippen molar-refractivity contribution < 1.29 is 46.0 Å². The van der Waals surface area contributed by atoms with E-state index in [1.54, 1.807) is 0 Å². The first-order valence-electron chi connectivity index (χ1n) is 3.32. The Labute approximate surface area is 93.3 Å². The van der Waals surface area contributed by atoms with Crippen molar-refractivity contribution in [1.29, 1.82) is 0 Å². The van der Waals surface area contributed by atoms with Gasteiger partial charge in [0.2, 0.25) is 0 Å². The summed E-state index contributed by atoms with van der Waals surface area (Å²) in [5.41, 5.74) is -1.01. The molecular formula is C8H6O5Pt. The second kappa shape index (κ2) is 4.77. The van der Waals surface area contributed by atoms with E-state index in [0.29, 0.717) is 0 Å². The summed E-state index contributed by atoms with van der Waals surface area (Å²) in [7, 11) is 0. The summed E-state index contributed by atoms with van der Waals surface area (Å²) in [5.74, 6) is -3.39. The van der Waals surface area contributed by atoms with Crippen LogP contribution in [-0.2, 0) is 21.1 Å². The number of rotatable bonds is 2. The van der Waals surface area contributed by atoms with E-state index in [1.165, 1.54) is 6.07 Å². The molecule has 0 fully saturated rings. The quantitative estimate of drug-likeness (QED) is 0.709. The van der Waals surface area contributed by atoms with Crippen molar-refractivity contribution in [1.82, 2.24) is 0 Å². The Hall–Kier alpha value is -1.35. The van der Waals surface area contributed by atoms with Gasteiger partial charge < -0.3 is 15.3 Å². The molecule has 0 spiro atoms. The fraction of sp³-hybridized carbons (Fsp3) is 0. The van der Waals surface area contributed by atoms with Crippen LogP contribution in [0.5, 0.6) is 5.75 Å². The van der Waals surface area contributed by atoms with Crippen LogP contribution in [0.4, 0.5) is 0 Å². The fourth-order valence-electron chi connectivity index (χ4n) is 0.943. The molecule has 0 unspecified atom stereocenters. The monoisotopic (exact) mass is 377 g/mol. The molecule has 0 heterocycles. The number of carbonyl (C=O) groups is 2. The van der Waals surface area contributed by atoms with Gasteiger partial charge >= 0.3 is 11.9 Å². The minimum Gasteiger partial charge on any atom is -0.507 e. The summed E-state index contributed by atoms with van der Waals surface area (Å²) in [6.07, 6.45) is 0. The maximum absolute atomic E-state index is 10.5. The maximum atomic E-state index is 10.5. The van der Waals surface area contributed by atoms with Crippen molar-refractivity contribution in [2.75, 3.05) is 0 Å². The predicted molar refractivity (Wildman–Crippen MR) is 42.0 cm³/mol. The van der Waals surface area contributed by atoms with Crippen molar-refractivity contribution in [2.24, 2.45) is 0 Å². The van der Waals surface area contributed by atoms with Crippen molar-refractivity contribution in [2.45, 2.75) is 0 Å². The number of aromatic hydroxyl groups is 1. The minimum atomic E-state index is -1.46. The number of phenols is 1. The van der Waals surface area contributed by atoms with Gasteiger partial charge in [-0.15, -0.1) is 0 Å². The van der Waals surface area contributed by atoms with Crippen LogP contribution in [-0.4, -0.2) is 27.3 Å². The molecule has 5 nitrogen and oxygen atoms in total. The molecule has 0 aliphatic rings. The van der Waals surface area contributed by atoms with E-state index in [9.17, 15) is 9.59 Å². The standard InChI is InChI=1S/C8H6O5.Pt/c9-5-3-1-2-4(7(10)11)6(5)8(12)13;/h1-3,9H,(H,10,11)(H,12,13);. The zero-order valence-electron chi connectivity index (χ0n) is 6.71. The van der Waals surface area contributed by atoms with Crippen LogP contribution in [0.1, 0.15) is 20.7 Å². The Morgan fingerprint density at radius 1 is 1.07 bits per heavy atom. The van der Waals surface area contributed by atoms with E-state index in [4.69, 9.17) is 15.3 Å². The zero-order chi connectivity index (χ0) is 10.0. The number of hydrogen-bond donors (Lipinski definition) is 3. The van der Waals surface area contributed by atoms with Gasteiger partial charge in [-0.2, -0.15) is 0 Å². The Morgan fingerprint density at radius 3 is 2.00 bits per heavy atom. The molecule has 0 amide bonds. The summed E-state index contributed by atoms with van der Waals surface area (Å²) < 4.78 is 0. The van der Waals surface area contributed by atoms with E-state index >= 15 is 0 Å². The summed E-state index contributed by atoms with van der Waals surface area (Å²) in [5, 5.41) is 26.2. The first kappa shape index (κ1) is 12.6. The second-order valence-corrected chi connectivity index (χ2v) is 2.31. The average Bonchev–Trinajstić information content (AvgIpc) is 2.02. The molecule has 0 saturated heterocycles. The molecule has 0 aromatic heterocycles. The third kappa shape index (κ3) is 2.32. The molecule has 0 radical (unpaired) electrons. The third-order valence-electron chi connectivity index (χ3n) is 1.49. The van der Waals surface area contributed by atoms with Crippen LogP contribution in [0.3, 0.4) is 0 Å². The van der Waals surface area contributed by atoms with Gasteiger partial charge in [-0.25, -0.2) is 9.59 Å². The molecule has 1 rings (SSSR count). The summed E-state index contributed by atoms with van der Waals surface area (Å²) >= 11 is 0. The van der Waals surface area contributed by atoms with Gasteiger partial charge in [0.15, 0.2) is 0 Å². The molecular weight excluding hydrogens is 371 g/mol. The van der Waals surface area contributed by atoms with E-state index in [1.807, 2.05) is 0 Å². The first-order valence-corrected chi connectivity index (χ1v) is 3.32.